The summed E-state index contributed by atoms with van der Waals surface area (Å²) >= 11 is 3.24. The van der Waals surface area contributed by atoms with Crippen LogP contribution in [0, 0.1) is 0 Å². The maximum atomic E-state index is 11.8. The Bertz CT molecular complexity index is 556. The third-order valence-electron chi connectivity index (χ3n) is 2.07. The van der Waals surface area contributed by atoms with Gasteiger partial charge in [-0.05, 0) is 22.0 Å². The van der Waals surface area contributed by atoms with Gasteiger partial charge in [-0.1, -0.05) is 13.8 Å². The second-order valence-electron chi connectivity index (χ2n) is 2.94. The molecule has 0 fully saturated rings. The molecule has 0 bridgehead atoms. The highest BCUT2D eigenvalue weighted by Crippen LogP contribution is 2.26. The number of rotatable bonds is 2. The Morgan fingerprint density at radius 1 is 1.50 bits per heavy atom. The van der Waals surface area contributed by atoms with Gasteiger partial charge < -0.3 is 4.74 Å². The van der Waals surface area contributed by atoms with Crippen LogP contribution in [0.15, 0.2) is 22.9 Å². The smallest absolute Gasteiger partial charge is 0.383 e. The number of aromatic nitrogens is 2. The highest BCUT2D eigenvalue weighted by molar-refractivity contribution is 9.10. The van der Waals surface area contributed by atoms with Crippen molar-refractivity contribution in [3.8, 4) is 5.75 Å². The Balaban J connectivity index is 0.000000771. The summed E-state index contributed by atoms with van der Waals surface area (Å²) in [6.07, 6.45) is 2.79. The fourth-order valence-electron chi connectivity index (χ4n) is 1.35. The molecular weight excluding hydrogens is 307 g/mol. The van der Waals surface area contributed by atoms with Gasteiger partial charge in [0.15, 0.2) is 0 Å². The largest absolute Gasteiger partial charge is 0.495 e. The van der Waals surface area contributed by atoms with Gasteiger partial charge in [0.1, 0.15) is 11.3 Å². The summed E-state index contributed by atoms with van der Waals surface area (Å²) in [6, 6.07) is 1.64. The van der Waals surface area contributed by atoms with E-state index in [1.807, 2.05) is 13.8 Å². The van der Waals surface area contributed by atoms with Gasteiger partial charge in [0, 0.05) is 9.00 Å². The zero-order valence-corrected chi connectivity index (χ0v) is 11.7. The lowest BCUT2D eigenvalue weighted by Gasteiger charge is -2.03. The normalized spacial score (nSPS) is 9.61. The average Bonchev–Trinajstić information content (AvgIpc) is 2.84. The van der Waals surface area contributed by atoms with Gasteiger partial charge in [0.25, 0.3) is 0 Å². The van der Waals surface area contributed by atoms with Gasteiger partial charge in [0.2, 0.25) is 0 Å². The summed E-state index contributed by atoms with van der Waals surface area (Å²) in [5.41, 5.74) is 0.459. The van der Waals surface area contributed by atoms with E-state index in [0.29, 0.717) is 15.7 Å². The molecule has 18 heavy (non-hydrogen) atoms. The predicted molar refractivity (Wildman–Crippen MR) is 67.3 cm³/mol. The van der Waals surface area contributed by atoms with Crippen molar-refractivity contribution in [2.24, 2.45) is 0 Å². The second-order valence-corrected chi connectivity index (χ2v) is 3.80. The van der Waals surface area contributed by atoms with E-state index in [1.165, 1.54) is 17.8 Å². The first-order valence-corrected chi connectivity index (χ1v) is 6.00. The Labute approximate surface area is 112 Å². The molecule has 0 aliphatic rings. The van der Waals surface area contributed by atoms with E-state index in [-0.39, 0.29) is 5.56 Å². The van der Waals surface area contributed by atoms with Crippen LogP contribution in [0.2, 0.25) is 0 Å². The van der Waals surface area contributed by atoms with Crippen molar-refractivity contribution in [2.75, 3.05) is 7.11 Å². The van der Waals surface area contributed by atoms with E-state index in [9.17, 15) is 9.32 Å². The van der Waals surface area contributed by atoms with Crippen LogP contribution in [0.1, 0.15) is 24.2 Å². The summed E-state index contributed by atoms with van der Waals surface area (Å²) < 4.78 is 18.8. The lowest BCUT2D eigenvalue weighted by atomic mass is 10.2. The lowest BCUT2D eigenvalue weighted by molar-refractivity contribution is -0.0786. The zero-order chi connectivity index (χ0) is 13.7. The fourth-order valence-corrected chi connectivity index (χ4v) is 1.97. The standard InChI is InChI=1S/C9H6BrFN2O3.C2H6/c1-15-5-2-7(10)8-6(9(14)16-11)3-12-13(8)4-5;1-2/h2-4H,1H3;1-2H3. The third-order valence-corrected chi connectivity index (χ3v) is 2.67. The van der Waals surface area contributed by atoms with E-state index >= 15 is 0 Å². The molecule has 0 saturated carbocycles. The van der Waals surface area contributed by atoms with Gasteiger partial charge in [0.05, 0.1) is 25.0 Å². The summed E-state index contributed by atoms with van der Waals surface area (Å²) in [5.74, 6) is -0.525. The molecule has 0 aromatic carbocycles. The van der Waals surface area contributed by atoms with Gasteiger partial charge in [-0.2, -0.15) is 5.10 Å². The first kappa shape index (κ1) is 14.4. The molecule has 2 aromatic rings. The summed E-state index contributed by atoms with van der Waals surface area (Å²) in [5, 5.41) is 3.90. The molecule has 7 heteroatoms. The minimum atomic E-state index is -1.08. The first-order chi connectivity index (χ1) is 8.67. The molecular formula is C11H12BrFN2O3. The Morgan fingerprint density at radius 2 is 2.17 bits per heavy atom. The third kappa shape index (κ3) is 2.61. The van der Waals surface area contributed by atoms with Crippen molar-refractivity contribution in [1.82, 2.24) is 9.61 Å². The molecule has 0 N–H and O–H groups in total. The minimum Gasteiger partial charge on any atom is -0.495 e. The topological polar surface area (TPSA) is 52.8 Å². The van der Waals surface area contributed by atoms with Crippen LogP contribution in [0.5, 0.6) is 5.75 Å². The van der Waals surface area contributed by atoms with Crippen LogP contribution < -0.4 is 4.74 Å². The van der Waals surface area contributed by atoms with Crippen molar-refractivity contribution in [3.05, 3.63) is 28.5 Å². The van der Waals surface area contributed by atoms with E-state index in [2.05, 4.69) is 26.0 Å². The van der Waals surface area contributed by atoms with Crippen molar-refractivity contribution in [3.63, 3.8) is 0 Å². The molecule has 2 rings (SSSR count). The van der Waals surface area contributed by atoms with Crippen molar-refractivity contribution in [1.29, 1.82) is 0 Å². The van der Waals surface area contributed by atoms with Gasteiger partial charge >= 0.3 is 5.97 Å². The van der Waals surface area contributed by atoms with E-state index in [0.717, 1.165) is 0 Å². The van der Waals surface area contributed by atoms with Crippen LogP contribution in [0.4, 0.5) is 4.53 Å². The Hall–Kier alpha value is -1.63. The van der Waals surface area contributed by atoms with E-state index < -0.39 is 5.97 Å². The molecule has 5 nitrogen and oxygen atoms in total. The Kier molecular flexibility index (Phi) is 5.08. The van der Waals surface area contributed by atoms with Crippen LogP contribution in [-0.2, 0) is 4.94 Å². The summed E-state index contributed by atoms with van der Waals surface area (Å²) in [7, 11) is 1.51. The molecule has 0 saturated heterocycles. The monoisotopic (exact) mass is 318 g/mol. The second kappa shape index (κ2) is 6.34. The number of methoxy groups -OCH3 is 1. The molecule has 2 heterocycles. The SMILES string of the molecule is CC.COc1cc(Br)c2c(C(=O)OF)cnn2c1. The van der Waals surface area contributed by atoms with Crippen molar-refractivity contribution in [2.45, 2.75) is 13.8 Å². The number of halogens is 2. The van der Waals surface area contributed by atoms with Crippen molar-refractivity contribution >= 4 is 27.4 Å². The summed E-state index contributed by atoms with van der Waals surface area (Å²) in [4.78, 5) is 14.3. The molecule has 0 radical (unpaired) electrons. The number of carbonyl (C=O) groups is 1. The highest BCUT2D eigenvalue weighted by atomic mass is 79.9. The number of pyridine rings is 1. The van der Waals surface area contributed by atoms with Crippen LogP contribution in [-0.4, -0.2) is 22.7 Å². The number of nitrogens with zero attached hydrogens (tertiary/aromatic N) is 2. The van der Waals surface area contributed by atoms with Crippen molar-refractivity contribution < 1.29 is 19.0 Å². The van der Waals surface area contributed by atoms with Crippen LogP contribution in [0.25, 0.3) is 5.52 Å². The Morgan fingerprint density at radius 3 is 2.72 bits per heavy atom. The molecule has 0 atom stereocenters. The summed E-state index contributed by atoms with van der Waals surface area (Å²) in [6.45, 7) is 4.00. The molecule has 0 aliphatic heterocycles. The first-order valence-electron chi connectivity index (χ1n) is 5.21. The van der Waals surface area contributed by atoms with Gasteiger partial charge in [-0.25, -0.2) is 14.3 Å². The van der Waals surface area contributed by atoms with Crippen LogP contribution in [0.3, 0.4) is 0 Å². The zero-order valence-electron chi connectivity index (χ0n) is 10.1. The van der Waals surface area contributed by atoms with E-state index in [1.54, 1.807) is 12.3 Å². The highest BCUT2D eigenvalue weighted by Gasteiger charge is 2.17. The molecule has 98 valence electrons. The van der Waals surface area contributed by atoms with E-state index in [4.69, 9.17) is 4.74 Å². The number of fused-ring (bicyclic) bond motifs is 1. The molecule has 0 aliphatic carbocycles. The van der Waals surface area contributed by atoms with Crippen LogP contribution >= 0.6 is 15.9 Å². The number of hydrogen-bond acceptors (Lipinski definition) is 4. The minimum absolute atomic E-state index is 0.0389. The lowest BCUT2D eigenvalue weighted by Crippen LogP contribution is -1.99. The molecule has 0 spiro atoms. The fraction of sp³-hybridized carbons (Fsp3) is 0.273. The molecule has 0 amide bonds. The van der Waals surface area contributed by atoms with Gasteiger partial charge in [-0.3, -0.25) is 0 Å². The number of ether oxygens (including phenoxy) is 1. The molecule has 2 aromatic heterocycles. The maximum absolute atomic E-state index is 11.8. The quantitative estimate of drug-likeness (QED) is 0.853. The number of hydrogen-bond donors (Lipinski definition) is 0. The average molecular weight is 319 g/mol. The van der Waals surface area contributed by atoms with Gasteiger partial charge in [-0.15, -0.1) is 0 Å². The number of carbonyl (C=O) groups excluding carboxylic acids is 1. The maximum Gasteiger partial charge on any atom is 0.383 e. The molecule has 0 unspecified atom stereocenters. The predicted octanol–water partition coefficient (Wildman–Crippen LogP) is 3.17.